The van der Waals surface area contributed by atoms with Crippen molar-refractivity contribution in [3.05, 3.63) is 39.8 Å². The van der Waals surface area contributed by atoms with Crippen LogP contribution in [0.1, 0.15) is 182 Å². The molecule has 22 nitrogen and oxygen atoms in total. The van der Waals surface area contributed by atoms with E-state index in [0.29, 0.717) is 31.4 Å². The van der Waals surface area contributed by atoms with Crippen LogP contribution in [0.25, 0.3) is 0 Å². The van der Waals surface area contributed by atoms with E-state index < -0.39 is 87.9 Å². The summed E-state index contributed by atoms with van der Waals surface area (Å²) in [6, 6.07) is 2.15. The molecule has 2 aliphatic heterocycles. The monoisotopic (exact) mass is 1270 g/mol. The van der Waals surface area contributed by atoms with Gasteiger partial charge in [0.05, 0.1) is 50.5 Å². The third kappa shape index (κ3) is 25.3. The van der Waals surface area contributed by atoms with Crippen molar-refractivity contribution in [2.24, 2.45) is 39.4 Å². The molecule has 0 aliphatic carbocycles. The molecular weight excluding hydrogens is 1170 g/mol. The third-order valence-electron chi connectivity index (χ3n) is 16.1. The van der Waals surface area contributed by atoms with Gasteiger partial charge in [0.15, 0.2) is 11.9 Å². The fourth-order valence-electron chi connectivity index (χ4n) is 10.6. The fraction of sp³-hybridized carbons (Fsp3) is 0.692. The van der Waals surface area contributed by atoms with E-state index in [2.05, 4.69) is 48.4 Å². The first kappa shape index (κ1) is 74.9. The van der Waals surface area contributed by atoms with Gasteiger partial charge in [0, 0.05) is 79.1 Å². The van der Waals surface area contributed by atoms with E-state index in [9.17, 15) is 47.7 Å². The van der Waals surface area contributed by atoms with Gasteiger partial charge in [-0.25, -0.2) is 9.78 Å². The maximum atomic E-state index is 14.5. The van der Waals surface area contributed by atoms with Gasteiger partial charge >= 0.3 is 17.9 Å². The number of hydrogen-bond acceptors (Lipinski definition) is 17. The first-order valence-electron chi connectivity index (χ1n) is 30.9. The van der Waals surface area contributed by atoms with Crippen molar-refractivity contribution in [1.29, 1.82) is 0 Å². The zero-order valence-electron chi connectivity index (χ0n) is 55.3. The molecule has 2 aliphatic rings. The second-order valence-corrected chi connectivity index (χ2v) is 28.6. The number of piperidine rings is 1. The Bertz CT molecular complexity index is 2850. The minimum Gasteiger partial charge on any atom is -0.455 e. The molecule has 1 aromatic carbocycles. The minimum absolute atomic E-state index is 0.000923. The van der Waals surface area contributed by atoms with E-state index in [0.717, 1.165) is 30.7 Å². The molecule has 1 fully saturated rings. The number of likely N-dealkylation sites (tertiary alicyclic amines) is 1. The number of nitrogens with zero attached hydrogens (tertiary/aromatic N) is 3. The van der Waals surface area contributed by atoms with Gasteiger partial charge in [0.1, 0.15) is 16.7 Å². The number of thiazole rings is 1. The quantitative estimate of drug-likeness (QED) is 0.0540. The molecule has 5 N–H and O–H groups in total. The second kappa shape index (κ2) is 34.0. The third-order valence-corrected chi connectivity index (χ3v) is 17.0. The summed E-state index contributed by atoms with van der Waals surface area (Å²) in [5, 5.41) is 16.1. The van der Waals surface area contributed by atoms with Crippen LogP contribution in [0.4, 0.5) is 10.2 Å². The van der Waals surface area contributed by atoms with E-state index in [1.807, 2.05) is 95.0 Å². The van der Waals surface area contributed by atoms with Crippen LogP contribution in [0.5, 0.6) is 5.75 Å². The van der Waals surface area contributed by atoms with Gasteiger partial charge in [-0.15, -0.1) is 11.3 Å². The summed E-state index contributed by atoms with van der Waals surface area (Å²) in [6.45, 7) is 27.6. The van der Waals surface area contributed by atoms with Crippen molar-refractivity contribution >= 4 is 70.4 Å². The number of amides is 6. The lowest BCUT2D eigenvalue weighted by Crippen LogP contribution is -2.58. The summed E-state index contributed by atoms with van der Waals surface area (Å²) in [7, 11) is 3.58. The lowest BCUT2D eigenvalue weighted by Gasteiger charge is -2.38. The van der Waals surface area contributed by atoms with E-state index in [1.165, 1.54) is 25.3 Å². The van der Waals surface area contributed by atoms with Crippen molar-refractivity contribution in [1.82, 2.24) is 36.1 Å². The normalized spacial score (nSPS) is 21.1. The van der Waals surface area contributed by atoms with Crippen LogP contribution in [0.2, 0.25) is 0 Å². The van der Waals surface area contributed by atoms with Gasteiger partial charge in [-0.05, 0) is 91.5 Å². The average Bonchev–Trinajstić information content (AvgIpc) is 4.12. The highest BCUT2D eigenvalue weighted by Gasteiger charge is 2.38. The Morgan fingerprint density at radius 2 is 1.49 bits per heavy atom. The van der Waals surface area contributed by atoms with Crippen LogP contribution >= 0.6 is 11.3 Å². The predicted molar refractivity (Wildman–Crippen MR) is 335 cm³/mol. The smallest absolute Gasteiger partial charge is 0.351 e. The lowest BCUT2D eigenvalue weighted by atomic mass is 9.89. The molecule has 1 saturated heterocycles. The Balaban J connectivity index is 1.64. The number of halogens is 1. The zero-order chi connectivity index (χ0) is 66.6. The molecule has 2 aromatic rings. The SMILES string of the molecule is CC[C@H](C)[C@H](NC(=O)[C@H]1CCCCN1C)C(=O)N(C)C(C[C@@H](OC(C)=O)c1nc(C(=O)N[C@@H](Cc2ccc3c(c2)NC(=O)CC(C)(C)COCC(C)(C)CNC(=O)C#CC(=O)NCCC(C)(C)COCC(C)(C)CC(=O)O3)CC(C)C(=O)OF)cs1)C(C)C. The Labute approximate surface area is 529 Å². The molecule has 1 aromatic heterocycles. The number of ether oxygens (including phenoxy) is 4. The maximum absolute atomic E-state index is 14.5. The Hall–Kier alpha value is -6.55. The van der Waals surface area contributed by atoms with Gasteiger partial charge in [0.2, 0.25) is 17.7 Å². The maximum Gasteiger partial charge on any atom is 0.351 e. The summed E-state index contributed by atoms with van der Waals surface area (Å²) in [5.74, 6) is -1.96. The number of hydrogen-bond donors (Lipinski definition) is 5. The van der Waals surface area contributed by atoms with Crippen molar-refractivity contribution in [2.45, 2.75) is 191 Å². The van der Waals surface area contributed by atoms with Gasteiger partial charge in [0.25, 0.3) is 17.7 Å². The Morgan fingerprint density at radius 3 is 2.11 bits per heavy atom. The number of esters is 2. The number of benzene rings is 1. The number of carbonyl (C=O) groups is 9. The molecule has 0 saturated carbocycles. The van der Waals surface area contributed by atoms with E-state index in [1.54, 1.807) is 24.1 Å². The molecular formula is C65H99FN8O14S. The molecule has 0 spiro atoms. The number of likely N-dealkylation sites (N-methyl/N-ethyl adjacent to an activating group) is 2. The van der Waals surface area contributed by atoms with Crippen molar-refractivity contribution in [2.75, 3.05) is 65.5 Å². The summed E-state index contributed by atoms with van der Waals surface area (Å²) in [5.41, 5.74) is -1.84. The highest BCUT2D eigenvalue weighted by Crippen LogP contribution is 2.34. The summed E-state index contributed by atoms with van der Waals surface area (Å²) in [6.07, 6.45) is 2.59. The first-order chi connectivity index (χ1) is 41.5. The highest BCUT2D eigenvalue weighted by molar-refractivity contribution is 7.09. The number of carbonyl (C=O) groups excluding carboxylic acids is 9. The molecule has 0 radical (unpaired) electrons. The number of nitrogens with one attached hydrogen (secondary N) is 5. The predicted octanol–water partition coefficient (Wildman–Crippen LogP) is 7.83. The van der Waals surface area contributed by atoms with Crippen molar-refractivity contribution in [3.8, 4) is 17.6 Å². The molecule has 7 atom stereocenters. The largest absolute Gasteiger partial charge is 0.455 e. The molecule has 89 heavy (non-hydrogen) atoms. The standard InChI is InChI=1S/C65H99FN8O14S/c1-17-41(4)56(72-58(81)48-20-18-19-27-73(48)15)60(82)74(16)49(40(2)3)31-51(86-43(6)75)59-71-47(34-89-59)57(80)69-45(28-42(5)61(83)88-66)29-44-21-22-50-46(30-44)70-54(78)32-63(9,10)37-85-39-65(13,14)35-68-53(77)24-23-52(76)67-26-25-62(7,8)36-84-38-64(11,12)33-55(79)87-50/h21-22,30,34,40-42,45,48-49,51,56H,17-20,25-29,31-33,35-39H2,1-16H3,(H,67,76)(H,68,77)(H,69,80)(H,70,78)(H,72,81)/t41-,42?,45+,48+,49?,51+,56-/m0/s1. The van der Waals surface area contributed by atoms with Crippen LogP contribution in [-0.2, 0) is 63.9 Å². The fourth-order valence-corrected chi connectivity index (χ4v) is 11.5. The number of aromatic nitrogens is 1. The van der Waals surface area contributed by atoms with Gasteiger partial charge < -0.3 is 50.4 Å². The lowest BCUT2D eigenvalue weighted by molar-refractivity contribution is -0.188. The Kier molecular flexibility index (Phi) is 28.6. The molecule has 6 amide bonds. The Morgan fingerprint density at radius 1 is 0.865 bits per heavy atom. The van der Waals surface area contributed by atoms with Crippen molar-refractivity contribution < 1.29 is 71.6 Å². The van der Waals surface area contributed by atoms with Gasteiger partial charge in [-0.3, -0.25) is 48.2 Å². The van der Waals surface area contributed by atoms with Gasteiger partial charge in [-0.1, -0.05) is 109 Å². The zero-order valence-corrected chi connectivity index (χ0v) is 56.1. The summed E-state index contributed by atoms with van der Waals surface area (Å²) < 4.78 is 37.5. The van der Waals surface area contributed by atoms with E-state index in [-0.39, 0.29) is 122 Å². The van der Waals surface area contributed by atoms with Crippen LogP contribution in [0.3, 0.4) is 0 Å². The molecule has 3 heterocycles. The van der Waals surface area contributed by atoms with Crippen LogP contribution in [0, 0.1) is 51.3 Å². The molecule has 4 rings (SSSR count). The van der Waals surface area contributed by atoms with Crippen LogP contribution in [-0.4, -0.2) is 152 Å². The number of rotatable bonds is 18. The highest BCUT2D eigenvalue weighted by atomic mass is 32.1. The first-order valence-corrected chi connectivity index (χ1v) is 31.8. The molecule has 496 valence electrons. The van der Waals surface area contributed by atoms with E-state index >= 15 is 0 Å². The number of anilines is 1. The summed E-state index contributed by atoms with van der Waals surface area (Å²) in [4.78, 5) is 133. The minimum atomic E-state index is -1.17. The van der Waals surface area contributed by atoms with E-state index in [4.69, 9.17) is 18.9 Å². The summed E-state index contributed by atoms with van der Waals surface area (Å²) >= 11 is 1.07. The molecule has 0 bridgehead atoms. The topological polar surface area (TPSA) is 279 Å². The molecule has 2 unspecified atom stereocenters. The van der Waals surface area contributed by atoms with Crippen LogP contribution in [0.15, 0.2) is 23.6 Å². The second-order valence-electron chi connectivity index (χ2n) is 27.7. The van der Waals surface area contributed by atoms with Gasteiger partial charge in [-0.2, -0.15) is 0 Å². The number of fused-ring (bicyclic) bond motifs is 1. The van der Waals surface area contributed by atoms with Crippen LogP contribution < -0.4 is 31.3 Å². The van der Waals surface area contributed by atoms with Crippen molar-refractivity contribution in [3.63, 3.8) is 0 Å². The molecule has 24 heteroatoms. The average molecular weight is 1270 g/mol.